The predicted molar refractivity (Wildman–Crippen MR) is 83.4 cm³/mol. The molecule has 0 amide bonds. The van der Waals surface area contributed by atoms with Gasteiger partial charge in [0.1, 0.15) is 16.6 Å². The number of pyridine rings is 1. The summed E-state index contributed by atoms with van der Waals surface area (Å²) in [6, 6.07) is 10.2. The van der Waals surface area contributed by atoms with Crippen LogP contribution >= 0.6 is 12.2 Å². The minimum atomic E-state index is -0.248. The van der Waals surface area contributed by atoms with E-state index >= 15 is 0 Å². The Morgan fingerprint density at radius 3 is 2.75 bits per heavy atom. The highest BCUT2D eigenvalue weighted by Crippen LogP contribution is 2.19. The van der Waals surface area contributed by atoms with Crippen molar-refractivity contribution in [3.05, 3.63) is 59.0 Å². The van der Waals surface area contributed by atoms with Crippen LogP contribution in [0.3, 0.4) is 0 Å². The van der Waals surface area contributed by atoms with Gasteiger partial charge in [-0.05, 0) is 36.8 Å². The van der Waals surface area contributed by atoms with E-state index in [9.17, 15) is 4.39 Å². The number of hydrogen-bond donors (Lipinski definition) is 1. The molecule has 1 aromatic carbocycles. The van der Waals surface area contributed by atoms with Crippen molar-refractivity contribution in [1.29, 1.82) is 0 Å². The van der Waals surface area contributed by atoms with E-state index in [4.69, 9.17) is 18.0 Å². The molecule has 0 spiro atoms. The first kappa shape index (κ1) is 14.4. The van der Waals surface area contributed by atoms with Crippen molar-refractivity contribution in [1.82, 2.24) is 4.98 Å². The molecule has 104 valence electrons. The second-order valence-electron chi connectivity index (χ2n) is 4.67. The maximum atomic E-state index is 13.2. The molecule has 0 aliphatic rings. The van der Waals surface area contributed by atoms with Crippen LogP contribution in [0.4, 0.5) is 10.2 Å². The van der Waals surface area contributed by atoms with E-state index in [-0.39, 0.29) is 5.82 Å². The van der Waals surface area contributed by atoms with E-state index in [0.717, 1.165) is 16.8 Å². The Labute approximate surface area is 123 Å². The lowest BCUT2D eigenvalue weighted by atomic mass is 10.2. The maximum absolute atomic E-state index is 13.2. The normalized spacial score (nSPS) is 10.3. The summed E-state index contributed by atoms with van der Waals surface area (Å²) < 4.78 is 13.2. The maximum Gasteiger partial charge on any atom is 0.139 e. The number of halogens is 1. The molecule has 3 nitrogen and oxygen atoms in total. The largest absolute Gasteiger partial charge is 0.389 e. The standard InChI is InChI=1S/C15H16FN3S/c1-10-6-7-13(14(17)20)15(18-10)19(2)9-11-4-3-5-12(16)8-11/h3-8H,9H2,1-2H3,(H2,17,20). The van der Waals surface area contributed by atoms with Crippen LogP contribution in [0.5, 0.6) is 0 Å². The molecule has 0 radical (unpaired) electrons. The fraction of sp³-hybridized carbons (Fsp3) is 0.200. The molecular weight excluding hydrogens is 273 g/mol. The van der Waals surface area contributed by atoms with Crippen molar-refractivity contribution in [3.63, 3.8) is 0 Å². The lowest BCUT2D eigenvalue weighted by molar-refractivity contribution is 0.625. The van der Waals surface area contributed by atoms with Gasteiger partial charge in [-0.2, -0.15) is 0 Å². The van der Waals surface area contributed by atoms with Gasteiger partial charge in [-0.15, -0.1) is 0 Å². The second kappa shape index (κ2) is 5.96. The molecule has 0 aliphatic heterocycles. The first-order valence-electron chi connectivity index (χ1n) is 6.20. The first-order chi connectivity index (χ1) is 9.47. The lowest BCUT2D eigenvalue weighted by Crippen LogP contribution is -2.23. The Kier molecular flexibility index (Phi) is 4.29. The van der Waals surface area contributed by atoms with Crippen LogP contribution < -0.4 is 10.6 Å². The fourth-order valence-electron chi connectivity index (χ4n) is 2.01. The smallest absolute Gasteiger partial charge is 0.139 e. The highest BCUT2D eigenvalue weighted by Gasteiger charge is 2.12. The first-order valence-corrected chi connectivity index (χ1v) is 6.61. The van der Waals surface area contributed by atoms with E-state index in [1.165, 1.54) is 12.1 Å². The van der Waals surface area contributed by atoms with Gasteiger partial charge in [-0.25, -0.2) is 9.37 Å². The molecule has 0 unspecified atom stereocenters. The van der Waals surface area contributed by atoms with E-state index in [1.54, 1.807) is 6.07 Å². The Balaban J connectivity index is 2.31. The third-order valence-corrected chi connectivity index (χ3v) is 3.17. The molecule has 0 atom stereocenters. The number of benzene rings is 1. The summed E-state index contributed by atoms with van der Waals surface area (Å²) in [6.45, 7) is 2.44. The monoisotopic (exact) mass is 289 g/mol. The molecule has 2 N–H and O–H groups in total. The average molecular weight is 289 g/mol. The number of nitrogens with zero attached hydrogens (tertiary/aromatic N) is 2. The highest BCUT2D eigenvalue weighted by atomic mass is 32.1. The van der Waals surface area contributed by atoms with Gasteiger partial charge in [0.05, 0.1) is 5.56 Å². The van der Waals surface area contributed by atoms with Gasteiger partial charge < -0.3 is 10.6 Å². The van der Waals surface area contributed by atoms with Crippen molar-refractivity contribution in [2.75, 3.05) is 11.9 Å². The van der Waals surface area contributed by atoms with Crippen molar-refractivity contribution < 1.29 is 4.39 Å². The molecule has 2 aromatic rings. The number of thiocarbonyl (C=S) groups is 1. The van der Waals surface area contributed by atoms with Crippen LogP contribution in [0.15, 0.2) is 36.4 Å². The fourth-order valence-corrected chi connectivity index (χ4v) is 2.17. The summed E-state index contributed by atoms with van der Waals surface area (Å²) in [7, 11) is 1.88. The average Bonchev–Trinajstić information content (AvgIpc) is 2.38. The van der Waals surface area contributed by atoms with E-state index in [0.29, 0.717) is 17.4 Å². The molecule has 0 saturated heterocycles. The van der Waals surface area contributed by atoms with Crippen LogP contribution in [0.1, 0.15) is 16.8 Å². The minimum Gasteiger partial charge on any atom is -0.389 e. The van der Waals surface area contributed by atoms with Gasteiger partial charge in [0, 0.05) is 19.3 Å². The number of anilines is 1. The third-order valence-electron chi connectivity index (χ3n) is 2.95. The molecule has 1 aromatic heterocycles. The van der Waals surface area contributed by atoms with Crippen molar-refractivity contribution in [2.24, 2.45) is 5.73 Å². The summed E-state index contributed by atoms with van der Waals surface area (Å²) in [5.41, 5.74) is 8.20. The van der Waals surface area contributed by atoms with Crippen LogP contribution in [-0.2, 0) is 6.54 Å². The Bertz CT molecular complexity index is 643. The molecule has 0 bridgehead atoms. The molecule has 2 rings (SSSR count). The number of nitrogens with two attached hydrogens (primary N) is 1. The molecule has 20 heavy (non-hydrogen) atoms. The van der Waals surface area contributed by atoms with Gasteiger partial charge in [-0.1, -0.05) is 24.4 Å². The van der Waals surface area contributed by atoms with Crippen molar-refractivity contribution in [2.45, 2.75) is 13.5 Å². The van der Waals surface area contributed by atoms with Crippen LogP contribution in [0.2, 0.25) is 0 Å². The molecular formula is C15H16FN3S. The van der Waals surface area contributed by atoms with Crippen molar-refractivity contribution in [3.8, 4) is 0 Å². The molecule has 0 fully saturated rings. The Morgan fingerprint density at radius 1 is 1.35 bits per heavy atom. The van der Waals surface area contributed by atoms with Gasteiger partial charge in [-0.3, -0.25) is 0 Å². The third kappa shape index (κ3) is 3.30. The molecule has 0 aliphatic carbocycles. The summed E-state index contributed by atoms with van der Waals surface area (Å²) in [5.74, 6) is 0.462. The summed E-state index contributed by atoms with van der Waals surface area (Å²) in [5, 5.41) is 0. The quantitative estimate of drug-likeness (QED) is 0.879. The number of aromatic nitrogens is 1. The second-order valence-corrected chi connectivity index (χ2v) is 5.11. The van der Waals surface area contributed by atoms with Gasteiger partial charge in [0.2, 0.25) is 0 Å². The van der Waals surface area contributed by atoms with Gasteiger partial charge >= 0.3 is 0 Å². The van der Waals surface area contributed by atoms with Gasteiger partial charge in [0.25, 0.3) is 0 Å². The van der Waals surface area contributed by atoms with Gasteiger partial charge in [0.15, 0.2) is 0 Å². The van der Waals surface area contributed by atoms with Crippen molar-refractivity contribution >= 4 is 23.0 Å². The highest BCUT2D eigenvalue weighted by molar-refractivity contribution is 7.80. The van der Waals surface area contributed by atoms with Crippen LogP contribution in [-0.4, -0.2) is 17.0 Å². The summed E-state index contributed by atoms with van der Waals surface area (Å²) in [6.07, 6.45) is 0. The van der Waals surface area contributed by atoms with E-state index < -0.39 is 0 Å². The molecule has 5 heteroatoms. The predicted octanol–water partition coefficient (Wildman–Crippen LogP) is 2.80. The topological polar surface area (TPSA) is 42.1 Å². The number of hydrogen-bond acceptors (Lipinski definition) is 3. The summed E-state index contributed by atoms with van der Waals surface area (Å²) in [4.78, 5) is 6.69. The SMILES string of the molecule is Cc1ccc(C(N)=S)c(N(C)Cc2cccc(F)c2)n1. The zero-order valence-corrected chi connectivity index (χ0v) is 12.2. The number of rotatable bonds is 4. The Morgan fingerprint density at radius 2 is 2.10 bits per heavy atom. The number of aryl methyl sites for hydroxylation is 1. The molecule has 1 heterocycles. The zero-order chi connectivity index (χ0) is 14.7. The summed E-state index contributed by atoms with van der Waals surface area (Å²) >= 11 is 5.05. The lowest BCUT2D eigenvalue weighted by Gasteiger charge is -2.21. The van der Waals surface area contributed by atoms with Crippen LogP contribution in [0.25, 0.3) is 0 Å². The zero-order valence-electron chi connectivity index (χ0n) is 11.4. The van der Waals surface area contributed by atoms with E-state index in [2.05, 4.69) is 4.98 Å². The van der Waals surface area contributed by atoms with Crippen LogP contribution in [0, 0.1) is 12.7 Å². The molecule has 0 saturated carbocycles. The van der Waals surface area contributed by atoms with E-state index in [1.807, 2.05) is 37.1 Å². The minimum absolute atomic E-state index is 0.248. The Hall–Kier alpha value is -2.01.